The number of carbonyl (C=O) groups is 2. The van der Waals surface area contributed by atoms with Crippen molar-refractivity contribution < 1.29 is 18.0 Å². The molecule has 1 aliphatic rings. The molecular formula is C13H17N3O4S. The Hall–Kier alpha value is -1.96. The Morgan fingerprint density at radius 1 is 1.48 bits per heavy atom. The van der Waals surface area contributed by atoms with Gasteiger partial charge in [0.1, 0.15) is 11.6 Å². The molecule has 0 aromatic carbocycles. The predicted molar refractivity (Wildman–Crippen MR) is 77.4 cm³/mol. The molecule has 1 fully saturated rings. The van der Waals surface area contributed by atoms with Crippen LogP contribution in [0.5, 0.6) is 0 Å². The number of nitrogens with zero attached hydrogens (tertiary/aromatic N) is 2. The zero-order valence-electron chi connectivity index (χ0n) is 11.9. The maximum Gasteiger partial charge on any atom is 0.254 e. The van der Waals surface area contributed by atoms with E-state index in [2.05, 4.69) is 9.71 Å². The van der Waals surface area contributed by atoms with E-state index in [1.54, 1.807) is 4.90 Å². The summed E-state index contributed by atoms with van der Waals surface area (Å²) in [4.78, 5) is 29.3. The van der Waals surface area contributed by atoms with Gasteiger partial charge in [-0.3, -0.25) is 14.3 Å². The van der Waals surface area contributed by atoms with E-state index in [-0.39, 0.29) is 23.6 Å². The summed E-state index contributed by atoms with van der Waals surface area (Å²) in [6, 6.07) is 2.77. The molecule has 0 radical (unpaired) electrons. The third-order valence-corrected chi connectivity index (χ3v) is 3.82. The van der Waals surface area contributed by atoms with Crippen LogP contribution in [0.2, 0.25) is 0 Å². The largest absolute Gasteiger partial charge is 0.335 e. The van der Waals surface area contributed by atoms with Gasteiger partial charge in [0.25, 0.3) is 5.91 Å². The number of likely N-dealkylation sites (tertiary alicyclic amines) is 1. The number of piperidine rings is 1. The van der Waals surface area contributed by atoms with Crippen LogP contribution in [-0.4, -0.2) is 48.8 Å². The van der Waals surface area contributed by atoms with Crippen molar-refractivity contribution in [3.63, 3.8) is 0 Å². The Balaban J connectivity index is 2.19. The highest BCUT2D eigenvalue weighted by Crippen LogP contribution is 2.18. The summed E-state index contributed by atoms with van der Waals surface area (Å²) >= 11 is 0. The van der Waals surface area contributed by atoms with Crippen molar-refractivity contribution in [2.75, 3.05) is 17.5 Å². The van der Waals surface area contributed by atoms with Crippen molar-refractivity contribution in [2.24, 2.45) is 0 Å². The molecule has 0 spiro atoms. The second-order valence-electron chi connectivity index (χ2n) is 5.14. The number of pyridine rings is 1. The van der Waals surface area contributed by atoms with Crippen LogP contribution in [0, 0.1) is 0 Å². The second-order valence-corrected chi connectivity index (χ2v) is 6.89. The van der Waals surface area contributed by atoms with E-state index < -0.39 is 10.0 Å². The summed E-state index contributed by atoms with van der Waals surface area (Å²) in [5, 5.41) is 0. The molecule has 1 aromatic rings. The number of anilines is 1. The lowest BCUT2D eigenvalue weighted by molar-refractivity contribution is -0.122. The first-order chi connectivity index (χ1) is 9.76. The molecule has 1 saturated heterocycles. The molecule has 2 heterocycles. The molecular weight excluding hydrogens is 294 g/mol. The molecule has 7 nitrogen and oxygen atoms in total. The van der Waals surface area contributed by atoms with Crippen LogP contribution in [0.1, 0.15) is 30.1 Å². The van der Waals surface area contributed by atoms with Gasteiger partial charge in [-0.15, -0.1) is 0 Å². The molecule has 8 heteroatoms. The summed E-state index contributed by atoms with van der Waals surface area (Å²) in [5.74, 6) is 0.0266. The normalized spacial score (nSPS) is 19.4. The highest BCUT2D eigenvalue weighted by Gasteiger charge is 2.28. The fraction of sp³-hybridized carbons (Fsp3) is 0.462. The zero-order chi connectivity index (χ0) is 15.6. The lowest BCUT2D eigenvalue weighted by Gasteiger charge is -2.32. The van der Waals surface area contributed by atoms with Crippen LogP contribution < -0.4 is 4.72 Å². The SMILES string of the molecule is C[C@@H]1CC(=O)CCN1C(=O)c1ccnc(NS(C)(=O)=O)c1. The number of sulfonamides is 1. The van der Waals surface area contributed by atoms with E-state index >= 15 is 0 Å². The van der Waals surface area contributed by atoms with E-state index in [1.807, 2.05) is 6.92 Å². The van der Waals surface area contributed by atoms with Gasteiger partial charge < -0.3 is 4.90 Å². The number of rotatable bonds is 3. The lowest BCUT2D eigenvalue weighted by Crippen LogP contribution is -2.44. The summed E-state index contributed by atoms with van der Waals surface area (Å²) in [5.41, 5.74) is 0.345. The van der Waals surface area contributed by atoms with Gasteiger partial charge in [0, 0.05) is 37.2 Å². The number of Topliss-reactive ketones (excluding diaryl/α,β-unsaturated/α-hetero) is 1. The van der Waals surface area contributed by atoms with Crippen LogP contribution in [0.25, 0.3) is 0 Å². The van der Waals surface area contributed by atoms with E-state index in [0.29, 0.717) is 24.9 Å². The van der Waals surface area contributed by atoms with Crippen LogP contribution in [0.3, 0.4) is 0 Å². The predicted octanol–water partition coefficient (Wildman–Crippen LogP) is 0.647. The molecule has 2 rings (SSSR count). The van der Waals surface area contributed by atoms with Gasteiger partial charge in [-0.2, -0.15) is 0 Å². The molecule has 0 bridgehead atoms. The highest BCUT2D eigenvalue weighted by atomic mass is 32.2. The number of ketones is 1. The average molecular weight is 311 g/mol. The van der Waals surface area contributed by atoms with Gasteiger partial charge in [0.15, 0.2) is 0 Å². The minimum atomic E-state index is -3.44. The fourth-order valence-electron chi connectivity index (χ4n) is 2.28. The first-order valence-corrected chi connectivity index (χ1v) is 8.42. The minimum absolute atomic E-state index is 0.101. The van der Waals surface area contributed by atoms with Gasteiger partial charge >= 0.3 is 0 Å². The summed E-state index contributed by atoms with van der Waals surface area (Å²) in [7, 11) is -3.44. The Morgan fingerprint density at radius 3 is 2.81 bits per heavy atom. The van der Waals surface area contributed by atoms with Crippen LogP contribution in [-0.2, 0) is 14.8 Å². The van der Waals surface area contributed by atoms with Crippen molar-refractivity contribution in [1.82, 2.24) is 9.88 Å². The quantitative estimate of drug-likeness (QED) is 0.884. The Morgan fingerprint density at radius 2 is 2.19 bits per heavy atom. The molecule has 0 unspecified atom stereocenters. The molecule has 1 atom stereocenters. The second kappa shape index (κ2) is 5.80. The molecule has 1 aromatic heterocycles. The van der Waals surface area contributed by atoms with Gasteiger partial charge in [-0.1, -0.05) is 0 Å². The van der Waals surface area contributed by atoms with Crippen molar-refractivity contribution in [1.29, 1.82) is 0 Å². The first-order valence-electron chi connectivity index (χ1n) is 6.53. The van der Waals surface area contributed by atoms with Crippen LogP contribution in [0.15, 0.2) is 18.3 Å². The number of nitrogens with one attached hydrogen (secondary N) is 1. The van der Waals surface area contributed by atoms with Gasteiger partial charge in [0.2, 0.25) is 10.0 Å². The van der Waals surface area contributed by atoms with Crippen LogP contribution >= 0.6 is 0 Å². The minimum Gasteiger partial charge on any atom is -0.335 e. The standard InChI is InChI=1S/C13H17N3O4S/c1-9-7-11(17)4-6-16(9)13(18)10-3-5-14-12(8-10)15-21(2,19)20/h3,5,8-9H,4,6-7H2,1-2H3,(H,14,15)/t9-/m1/s1. The van der Waals surface area contributed by atoms with Gasteiger partial charge in [-0.05, 0) is 19.1 Å². The summed E-state index contributed by atoms with van der Waals surface area (Å²) in [6.07, 6.45) is 3.10. The van der Waals surface area contributed by atoms with Crippen molar-refractivity contribution in [3.05, 3.63) is 23.9 Å². The van der Waals surface area contributed by atoms with E-state index in [4.69, 9.17) is 0 Å². The van der Waals surface area contributed by atoms with E-state index in [0.717, 1.165) is 6.26 Å². The van der Waals surface area contributed by atoms with Crippen LogP contribution in [0.4, 0.5) is 5.82 Å². The molecule has 1 N–H and O–H groups in total. The fourth-order valence-corrected chi connectivity index (χ4v) is 2.78. The monoisotopic (exact) mass is 311 g/mol. The number of hydrogen-bond donors (Lipinski definition) is 1. The Bertz CT molecular complexity index is 672. The first kappa shape index (κ1) is 15.4. The Labute approximate surface area is 123 Å². The molecule has 114 valence electrons. The molecule has 1 aliphatic heterocycles. The summed E-state index contributed by atoms with van der Waals surface area (Å²) < 4.78 is 24.6. The average Bonchev–Trinajstić information content (AvgIpc) is 2.36. The summed E-state index contributed by atoms with van der Waals surface area (Å²) in [6.45, 7) is 2.21. The van der Waals surface area contributed by atoms with Crippen molar-refractivity contribution in [3.8, 4) is 0 Å². The molecule has 21 heavy (non-hydrogen) atoms. The molecule has 0 saturated carbocycles. The number of hydrogen-bond acceptors (Lipinski definition) is 5. The topological polar surface area (TPSA) is 96.4 Å². The van der Waals surface area contributed by atoms with Gasteiger partial charge in [-0.25, -0.2) is 13.4 Å². The van der Waals surface area contributed by atoms with Gasteiger partial charge in [0.05, 0.1) is 6.26 Å². The smallest absolute Gasteiger partial charge is 0.254 e. The van der Waals surface area contributed by atoms with Crippen molar-refractivity contribution >= 4 is 27.5 Å². The number of carbonyl (C=O) groups excluding carboxylic acids is 2. The van der Waals surface area contributed by atoms with E-state index in [1.165, 1.54) is 18.3 Å². The third-order valence-electron chi connectivity index (χ3n) is 3.24. The zero-order valence-corrected chi connectivity index (χ0v) is 12.7. The highest BCUT2D eigenvalue weighted by molar-refractivity contribution is 7.92. The number of amides is 1. The number of aromatic nitrogens is 1. The Kier molecular flexibility index (Phi) is 4.26. The van der Waals surface area contributed by atoms with Crippen molar-refractivity contribution in [2.45, 2.75) is 25.8 Å². The maximum atomic E-state index is 12.4. The lowest BCUT2D eigenvalue weighted by atomic mass is 10.0. The maximum absolute atomic E-state index is 12.4. The van der Waals surface area contributed by atoms with E-state index in [9.17, 15) is 18.0 Å². The molecule has 1 amide bonds. The third kappa shape index (κ3) is 4.01. The molecule has 0 aliphatic carbocycles.